The highest BCUT2D eigenvalue weighted by molar-refractivity contribution is 5.78. The first-order valence-corrected chi connectivity index (χ1v) is 9.04. The highest BCUT2D eigenvalue weighted by Crippen LogP contribution is 2.22. The normalized spacial score (nSPS) is 11.5. The molecule has 3 rings (SSSR count). The number of nitrogens with zero attached hydrogens (tertiary/aromatic N) is 2. The van der Waals surface area contributed by atoms with Gasteiger partial charge >= 0.3 is 5.97 Å². The smallest absolute Gasteiger partial charge is 0.308 e. The van der Waals surface area contributed by atoms with Crippen molar-refractivity contribution in [2.45, 2.75) is 45.8 Å². The summed E-state index contributed by atoms with van der Waals surface area (Å²) in [6.45, 7) is 7.11. The molecular weight excluding hydrogens is 340 g/mol. The van der Waals surface area contributed by atoms with Crippen LogP contribution in [0.1, 0.15) is 38.3 Å². The molecule has 0 aliphatic heterocycles. The van der Waals surface area contributed by atoms with Gasteiger partial charge in [0.15, 0.2) is 0 Å². The van der Waals surface area contributed by atoms with Gasteiger partial charge < -0.3 is 4.74 Å². The van der Waals surface area contributed by atoms with Gasteiger partial charge in [-0.05, 0) is 28.7 Å². The van der Waals surface area contributed by atoms with Crippen molar-refractivity contribution >= 4 is 16.9 Å². The second kappa shape index (κ2) is 7.74. The number of rotatable bonds is 5. The van der Waals surface area contributed by atoms with Crippen LogP contribution < -0.4 is 5.43 Å². The van der Waals surface area contributed by atoms with Gasteiger partial charge in [-0.15, -0.1) is 0 Å². The zero-order valence-electron chi connectivity index (χ0n) is 15.9. The third kappa shape index (κ3) is 4.61. The molecule has 0 N–H and O–H groups in total. The number of carbonyl (C=O) groups excluding carboxylic acids is 1. The number of ether oxygens (including phenoxy) is 1. The van der Waals surface area contributed by atoms with Crippen molar-refractivity contribution in [3.8, 4) is 0 Å². The van der Waals surface area contributed by atoms with Gasteiger partial charge in [0, 0.05) is 5.39 Å². The minimum absolute atomic E-state index is 0.0990. The maximum Gasteiger partial charge on any atom is 0.308 e. The fourth-order valence-electron chi connectivity index (χ4n) is 2.87. The molecule has 0 aliphatic carbocycles. The second-order valence-corrected chi connectivity index (χ2v) is 7.61. The molecule has 140 valence electrons. The molecule has 2 aromatic carbocycles. The summed E-state index contributed by atoms with van der Waals surface area (Å²) in [5, 5.41) is 4.72. The largest absolute Gasteiger partial charge is 0.461 e. The lowest BCUT2D eigenvalue weighted by atomic mass is 9.87. The fraction of sp³-hybridized carbons (Fsp3) is 0.318. The van der Waals surface area contributed by atoms with Crippen molar-refractivity contribution in [2.24, 2.45) is 0 Å². The van der Waals surface area contributed by atoms with Gasteiger partial charge in [-0.25, -0.2) is 0 Å². The fourth-order valence-corrected chi connectivity index (χ4v) is 2.87. The highest BCUT2D eigenvalue weighted by Gasteiger charge is 2.13. The SMILES string of the molecule is CC(C)(C)c1ccc(COC(=O)CCn2ncc(=O)c3ccccc32)cc1. The number of carbonyl (C=O) groups is 1. The summed E-state index contributed by atoms with van der Waals surface area (Å²) in [7, 11) is 0. The molecule has 1 aromatic heterocycles. The molecule has 0 saturated heterocycles. The average Bonchev–Trinajstić information content (AvgIpc) is 2.66. The van der Waals surface area contributed by atoms with E-state index < -0.39 is 0 Å². The lowest BCUT2D eigenvalue weighted by Gasteiger charge is -2.19. The maximum atomic E-state index is 12.1. The van der Waals surface area contributed by atoms with Crippen LogP contribution in [0.4, 0.5) is 0 Å². The first-order chi connectivity index (χ1) is 12.8. The number of esters is 1. The highest BCUT2D eigenvalue weighted by atomic mass is 16.5. The predicted octanol–water partition coefficient (Wildman–Crippen LogP) is 3.83. The molecule has 5 nitrogen and oxygen atoms in total. The number of aromatic nitrogens is 2. The molecule has 0 unspecified atom stereocenters. The Hall–Kier alpha value is -2.95. The first-order valence-electron chi connectivity index (χ1n) is 9.04. The van der Waals surface area contributed by atoms with Crippen LogP contribution in [0, 0.1) is 0 Å². The molecule has 0 spiro atoms. The molecule has 1 heterocycles. The van der Waals surface area contributed by atoms with Crippen LogP contribution in [0.2, 0.25) is 0 Å². The molecule has 0 bridgehead atoms. The van der Waals surface area contributed by atoms with Crippen molar-refractivity contribution in [1.29, 1.82) is 0 Å². The van der Waals surface area contributed by atoms with E-state index in [9.17, 15) is 9.59 Å². The van der Waals surface area contributed by atoms with Gasteiger partial charge in [-0.1, -0.05) is 57.2 Å². The quantitative estimate of drug-likeness (QED) is 0.646. The zero-order chi connectivity index (χ0) is 19.4. The molecule has 0 amide bonds. The van der Waals surface area contributed by atoms with Crippen LogP contribution in [-0.2, 0) is 28.1 Å². The van der Waals surface area contributed by atoms with Crippen LogP contribution in [0.3, 0.4) is 0 Å². The Balaban J connectivity index is 1.58. The Labute approximate surface area is 158 Å². The summed E-state index contributed by atoms with van der Waals surface area (Å²) in [6, 6.07) is 15.4. The minimum atomic E-state index is -0.292. The van der Waals surface area contributed by atoms with E-state index in [-0.39, 0.29) is 29.8 Å². The first kappa shape index (κ1) is 18.8. The third-order valence-corrected chi connectivity index (χ3v) is 4.51. The van der Waals surface area contributed by atoms with E-state index >= 15 is 0 Å². The Kier molecular flexibility index (Phi) is 5.40. The van der Waals surface area contributed by atoms with Gasteiger partial charge in [-0.3, -0.25) is 14.3 Å². The number of fused-ring (bicyclic) bond motifs is 1. The minimum Gasteiger partial charge on any atom is -0.461 e. The van der Waals surface area contributed by atoms with Crippen LogP contribution >= 0.6 is 0 Å². The zero-order valence-corrected chi connectivity index (χ0v) is 15.9. The Morgan fingerprint density at radius 2 is 1.78 bits per heavy atom. The Morgan fingerprint density at radius 1 is 1.07 bits per heavy atom. The summed E-state index contributed by atoms with van der Waals surface area (Å²) >= 11 is 0. The lowest BCUT2D eigenvalue weighted by molar-refractivity contribution is -0.145. The van der Waals surface area contributed by atoms with E-state index in [4.69, 9.17) is 4.74 Å². The van der Waals surface area contributed by atoms with Gasteiger partial charge in [0.05, 0.1) is 24.7 Å². The molecule has 0 fully saturated rings. The van der Waals surface area contributed by atoms with E-state index in [0.29, 0.717) is 11.9 Å². The van der Waals surface area contributed by atoms with Crippen molar-refractivity contribution in [1.82, 2.24) is 9.78 Å². The van der Waals surface area contributed by atoms with Gasteiger partial charge in [0.2, 0.25) is 5.43 Å². The molecule has 0 radical (unpaired) electrons. The van der Waals surface area contributed by atoms with E-state index in [1.807, 2.05) is 30.3 Å². The molecule has 5 heteroatoms. The van der Waals surface area contributed by atoms with Crippen molar-refractivity contribution in [2.75, 3.05) is 0 Å². The molecule has 0 atom stereocenters. The summed E-state index contributed by atoms with van der Waals surface area (Å²) in [5.74, 6) is -0.292. The standard InChI is InChI=1S/C22H24N2O3/c1-22(2,3)17-10-8-16(9-11-17)15-27-21(26)12-13-24-19-7-5-4-6-18(19)20(25)14-23-24/h4-11,14H,12-13,15H2,1-3H3. The molecular formula is C22H24N2O3. The van der Waals surface area contributed by atoms with Crippen LogP contribution in [0.25, 0.3) is 10.9 Å². The van der Waals surface area contributed by atoms with Crippen LogP contribution in [-0.4, -0.2) is 15.7 Å². The van der Waals surface area contributed by atoms with Gasteiger partial charge in [-0.2, -0.15) is 5.10 Å². The van der Waals surface area contributed by atoms with Crippen molar-refractivity contribution in [3.05, 3.63) is 76.1 Å². The molecule has 3 aromatic rings. The summed E-state index contributed by atoms with van der Waals surface area (Å²) in [6.07, 6.45) is 1.48. The van der Waals surface area contributed by atoms with Crippen LogP contribution in [0.5, 0.6) is 0 Å². The maximum absolute atomic E-state index is 12.1. The number of hydrogen-bond acceptors (Lipinski definition) is 4. The molecule has 27 heavy (non-hydrogen) atoms. The Bertz CT molecular complexity index is 998. The van der Waals surface area contributed by atoms with Crippen molar-refractivity contribution < 1.29 is 9.53 Å². The lowest BCUT2D eigenvalue weighted by Crippen LogP contribution is -2.15. The molecule has 0 aliphatic rings. The summed E-state index contributed by atoms with van der Waals surface area (Å²) in [4.78, 5) is 23.9. The topological polar surface area (TPSA) is 61.2 Å². The monoisotopic (exact) mass is 364 g/mol. The van der Waals surface area contributed by atoms with Crippen LogP contribution in [0.15, 0.2) is 59.5 Å². The van der Waals surface area contributed by atoms with Gasteiger partial charge in [0.25, 0.3) is 0 Å². The summed E-state index contributed by atoms with van der Waals surface area (Å²) in [5.41, 5.74) is 2.90. The van der Waals surface area contributed by atoms with E-state index in [2.05, 4.69) is 38.0 Å². The Morgan fingerprint density at radius 3 is 2.48 bits per heavy atom. The number of aryl methyl sites for hydroxylation is 1. The van der Waals surface area contributed by atoms with E-state index in [1.165, 1.54) is 11.8 Å². The number of benzene rings is 2. The van der Waals surface area contributed by atoms with Gasteiger partial charge in [0.1, 0.15) is 6.61 Å². The number of para-hydroxylation sites is 1. The van der Waals surface area contributed by atoms with Crippen molar-refractivity contribution in [3.63, 3.8) is 0 Å². The van der Waals surface area contributed by atoms with E-state index in [0.717, 1.165) is 11.1 Å². The third-order valence-electron chi connectivity index (χ3n) is 4.51. The summed E-state index contributed by atoms with van der Waals surface area (Å²) < 4.78 is 7.03. The predicted molar refractivity (Wildman–Crippen MR) is 106 cm³/mol. The molecule has 0 saturated carbocycles. The average molecular weight is 364 g/mol. The second-order valence-electron chi connectivity index (χ2n) is 7.61. The van der Waals surface area contributed by atoms with E-state index in [1.54, 1.807) is 10.7 Å². The number of hydrogen-bond donors (Lipinski definition) is 0.